The maximum Gasteiger partial charge on any atom is 0.161 e. The fourth-order valence-corrected chi connectivity index (χ4v) is 2.65. The van der Waals surface area contributed by atoms with Crippen LogP contribution >= 0.6 is 0 Å². The normalized spacial score (nSPS) is 23.3. The van der Waals surface area contributed by atoms with Gasteiger partial charge in [0.05, 0.1) is 0 Å². The Balaban J connectivity index is 2.04. The van der Waals surface area contributed by atoms with Crippen molar-refractivity contribution < 1.29 is 4.79 Å². The Hall–Kier alpha value is -1.83. The van der Waals surface area contributed by atoms with Crippen molar-refractivity contribution in [2.75, 3.05) is 0 Å². The van der Waals surface area contributed by atoms with E-state index in [9.17, 15) is 4.79 Å². The van der Waals surface area contributed by atoms with E-state index in [1.54, 1.807) is 0 Å². The van der Waals surface area contributed by atoms with Crippen molar-refractivity contribution in [1.29, 1.82) is 0 Å². The number of rotatable bonds is 1. The van der Waals surface area contributed by atoms with E-state index < -0.39 is 0 Å². The monoisotopic (exact) mass is 225 g/mol. The van der Waals surface area contributed by atoms with Gasteiger partial charge in [-0.05, 0) is 24.6 Å². The van der Waals surface area contributed by atoms with E-state index >= 15 is 0 Å². The number of Topliss-reactive ketones (excluding diaryl/α,β-unsaturated/α-hetero) is 1. The Morgan fingerprint density at radius 3 is 2.76 bits per heavy atom. The first-order valence-electron chi connectivity index (χ1n) is 6.10. The van der Waals surface area contributed by atoms with Gasteiger partial charge in [-0.15, -0.1) is 0 Å². The van der Waals surface area contributed by atoms with Gasteiger partial charge in [-0.2, -0.15) is 0 Å². The lowest BCUT2D eigenvalue weighted by Crippen LogP contribution is -2.25. The van der Waals surface area contributed by atoms with E-state index in [4.69, 9.17) is 0 Å². The first-order valence-corrected chi connectivity index (χ1v) is 6.10. The third-order valence-electron chi connectivity index (χ3n) is 3.47. The summed E-state index contributed by atoms with van der Waals surface area (Å²) in [5.74, 6) is 0.442. The van der Waals surface area contributed by atoms with Crippen LogP contribution < -0.4 is 5.32 Å². The van der Waals surface area contributed by atoms with Crippen LogP contribution in [0.1, 0.15) is 30.7 Å². The molecule has 1 aliphatic heterocycles. The Morgan fingerprint density at radius 2 is 1.94 bits per heavy atom. The van der Waals surface area contributed by atoms with Gasteiger partial charge in [0.2, 0.25) is 0 Å². The number of nitrogens with one attached hydrogen (secondary N) is 1. The van der Waals surface area contributed by atoms with Gasteiger partial charge in [-0.1, -0.05) is 36.4 Å². The molecule has 1 atom stereocenters. The number of dihydropyridines is 1. The molecule has 1 N–H and O–H groups in total. The van der Waals surface area contributed by atoms with Crippen molar-refractivity contribution in [3.8, 4) is 0 Å². The minimum atomic E-state index is 0.139. The molecule has 1 unspecified atom stereocenters. The second-order valence-corrected chi connectivity index (χ2v) is 4.56. The van der Waals surface area contributed by atoms with Crippen LogP contribution in [0, 0.1) is 0 Å². The molecule has 1 heterocycles. The van der Waals surface area contributed by atoms with Gasteiger partial charge in [-0.3, -0.25) is 4.79 Å². The molecule has 1 aromatic carbocycles. The average Bonchev–Trinajstić information content (AvgIpc) is 2.39. The summed E-state index contributed by atoms with van der Waals surface area (Å²) in [6, 6.07) is 10.2. The van der Waals surface area contributed by atoms with Crippen LogP contribution in [0.5, 0.6) is 0 Å². The smallest absolute Gasteiger partial charge is 0.161 e. The fraction of sp³-hybridized carbons (Fsp3) is 0.267. The summed E-state index contributed by atoms with van der Waals surface area (Å²) in [7, 11) is 0. The number of allylic oxidation sites excluding steroid dienone is 3. The molecular formula is C15H15NO. The number of carbonyl (C=O) groups excluding carboxylic acids is 1. The summed E-state index contributed by atoms with van der Waals surface area (Å²) in [6.07, 6.45) is 6.71. The van der Waals surface area contributed by atoms with Gasteiger partial charge in [-0.25, -0.2) is 0 Å². The molecule has 1 aliphatic carbocycles. The molecule has 0 saturated carbocycles. The van der Waals surface area contributed by atoms with Gasteiger partial charge in [0.15, 0.2) is 5.78 Å². The van der Waals surface area contributed by atoms with Gasteiger partial charge in [0.25, 0.3) is 0 Å². The van der Waals surface area contributed by atoms with Gasteiger partial charge >= 0.3 is 0 Å². The Labute approximate surface area is 101 Å². The van der Waals surface area contributed by atoms with Gasteiger partial charge < -0.3 is 5.32 Å². The zero-order valence-electron chi connectivity index (χ0n) is 9.65. The molecule has 2 aliphatic rings. The molecule has 0 amide bonds. The Morgan fingerprint density at radius 1 is 1.12 bits per heavy atom. The molecule has 2 nitrogen and oxygen atoms in total. The average molecular weight is 225 g/mol. The number of hydrogen-bond donors (Lipinski definition) is 1. The summed E-state index contributed by atoms with van der Waals surface area (Å²) in [4.78, 5) is 12.1. The predicted molar refractivity (Wildman–Crippen MR) is 67.3 cm³/mol. The lowest BCUT2D eigenvalue weighted by Gasteiger charge is -2.28. The lowest BCUT2D eigenvalue weighted by atomic mass is 9.81. The third kappa shape index (κ3) is 1.80. The highest BCUT2D eigenvalue weighted by Crippen LogP contribution is 2.35. The van der Waals surface area contributed by atoms with Crippen LogP contribution in [-0.2, 0) is 4.79 Å². The van der Waals surface area contributed by atoms with E-state index in [1.807, 2.05) is 24.4 Å². The highest BCUT2D eigenvalue weighted by Gasteiger charge is 2.28. The largest absolute Gasteiger partial charge is 0.365 e. The molecule has 2 heteroatoms. The molecule has 0 saturated heterocycles. The van der Waals surface area contributed by atoms with Gasteiger partial charge in [0.1, 0.15) is 0 Å². The number of hydrogen-bond acceptors (Lipinski definition) is 2. The van der Waals surface area contributed by atoms with Crippen LogP contribution in [0.25, 0.3) is 0 Å². The van der Waals surface area contributed by atoms with Crippen LogP contribution in [-0.4, -0.2) is 5.78 Å². The highest BCUT2D eigenvalue weighted by atomic mass is 16.1. The fourth-order valence-electron chi connectivity index (χ4n) is 2.65. The zero-order chi connectivity index (χ0) is 11.7. The minimum absolute atomic E-state index is 0.139. The number of carbonyl (C=O) groups is 1. The second kappa shape index (κ2) is 4.21. The molecule has 0 spiro atoms. The van der Waals surface area contributed by atoms with Crippen molar-refractivity contribution in [2.45, 2.75) is 25.2 Å². The summed E-state index contributed by atoms with van der Waals surface area (Å²) in [5.41, 5.74) is 3.30. The SMILES string of the molecule is O=C1CCCC2=C1C(c1ccccc1)C=CN2. The van der Waals surface area contributed by atoms with Crippen LogP contribution in [0.4, 0.5) is 0 Å². The molecular weight excluding hydrogens is 210 g/mol. The second-order valence-electron chi connectivity index (χ2n) is 4.56. The third-order valence-corrected chi connectivity index (χ3v) is 3.47. The number of benzene rings is 1. The maximum absolute atomic E-state index is 12.1. The van der Waals surface area contributed by atoms with Crippen molar-refractivity contribution in [3.63, 3.8) is 0 Å². The molecule has 0 fully saturated rings. The molecule has 86 valence electrons. The standard InChI is InChI=1S/C15H15NO/c17-14-8-4-7-13-15(14)12(9-10-16-13)11-5-2-1-3-6-11/h1-3,5-6,9-10,12,16H,4,7-8H2. The van der Waals surface area contributed by atoms with Crippen molar-refractivity contribution >= 4 is 5.78 Å². The minimum Gasteiger partial charge on any atom is -0.365 e. The Kier molecular flexibility index (Phi) is 2.56. The zero-order valence-corrected chi connectivity index (χ0v) is 9.65. The predicted octanol–water partition coefficient (Wildman–Crippen LogP) is 2.89. The van der Waals surface area contributed by atoms with E-state index in [-0.39, 0.29) is 5.92 Å². The van der Waals surface area contributed by atoms with E-state index in [0.29, 0.717) is 12.2 Å². The van der Waals surface area contributed by atoms with Crippen LogP contribution in [0.2, 0.25) is 0 Å². The molecule has 3 rings (SSSR count). The first-order chi connectivity index (χ1) is 8.36. The molecule has 0 aromatic heterocycles. The summed E-state index contributed by atoms with van der Waals surface area (Å²) in [5, 5.41) is 3.23. The molecule has 17 heavy (non-hydrogen) atoms. The van der Waals surface area contributed by atoms with E-state index in [1.165, 1.54) is 5.56 Å². The quantitative estimate of drug-likeness (QED) is 0.796. The molecule has 0 radical (unpaired) electrons. The first kappa shape index (κ1) is 10.3. The summed E-state index contributed by atoms with van der Waals surface area (Å²) < 4.78 is 0. The van der Waals surface area contributed by atoms with Crippen molar-refractivity contribution in [3.05, 3.63) is 59.4 Å². The summed E-state index contributed by atoms with van der Waals surface area (Å²) >= 11 is 0. The van der Waals surface area contributed by atoms with Crippen molar-refractivity contribution in [2.24, 2.45) is 0 Å². The highest BCUT2D eigenvalue weighted by molar-refractivity contribution is 5.99. The molecule has 1 aromatic rings. The Bertz CT molecular complexity index is 499. The maximum atomic E-state index is 12.1. The van der Waals surface area contributed by atoms with Crippen molar-refractivity contribution in [1.82, 2.24) is 5.32 Å². The van der Waals surface area contributed by atoms with E-state index in [0.717, 1.165) is 24.1 Å². The van der Waals surface area contributed by atoms with Crippen LogP contribution in [0.3, 0.4) is 0 Å². The lowest BCUT2D eigenvalue weighted by molar-refractivity contribution is -0.116. The van der Waals surface area contributed by atoms with Gasteiger partial charge in [0, 0.05) is 23.6 Å². The molecule has 0 bridgehead atoms. The number of ketones is 1. The topological polar surface area (TPSA) is 29.1 Å². The van der Waals surface area contributed by atoms with E-state index in [2.05, 4.69) is 23.5 Å². The summed E-state index contributed by atoms with van der Waals surface area (Å²) in [6.45, 7) is 0. The van der Waals surface area contributed by atoms with Crippen LogP contribution in [0.15, 0.2) is 53.9 Å².